The zero-order valence-corrected chi connectivity index (χ0v) is 15.2. The molecule has 0 atom stereocenters. The molecule has 10 nitrogen and oxygen atoms in total. The number of aromatic nitrogens is 2. The summed E-state index contributed by atoms with van der Waals surface area (Å²) in [6.45, 7) is 1.72. The van der Waals surface area contributed by atoms with Crippen molar-refractivity contribution in [1.82, 2.24) is 9.78 Å². The normalized spacial score (nSPS) is 10.9. The number of nitro groups is 1. The molecule has 0 unspecified atom stereocenters. The standard InChI is InChI=1S/C19H16N4O6/c1-2-29-19(26)17-14(18(25)22(21-17)12-6-4-3-5-7-12)11-20-15-10-13(23(27)28)8-9-16(15)24/h3-11,21,24H,2H2,1H3. The van der Waals surface area contributed by atoms with Gasteiger partial charge < -0.3 is 9.84 Å². The Morgan fingerprint density at radius 1 is 1.31 bits per heavy atom. The molecule has 0 amide bonds. The van der Waals surface area contributed by atoms with Crippen LogP contribution in [0.25, 0.3) is 5.69 Å². The summed E-state index contributed by atoms with van der Waals surface area (Å²) in [7, 11) is 0. The Morgan fingerprint density at radius 2 is 2.03 bits per heavy atom. The molecule has 0 fully saturated rings. The number of aromatic amines is 1. The summed E-state index contributed by atoms with van der Waals surface area (Å²) in [6, 6.07) is 11.9. The maximum absolute atomic E-state index is 12.8. The molecule has 3 rings (SSSR count). The van der Waals surface area contributed by atoms with E-state index in [0.717, 1.165) is 29.1 Å². The minimum Gasteiger partial charge on any atom is -0.506 e. The van der Waals surface area contributed by atoms with Gasteiger partial charge in [0, 0.05) is 18.3 Å². The molecule has 3 aromatic rings. The van der Waals surface area contributed by atoms with Crippen molar-refractivity contribution < 1.29 is 19.6 Å². The van der Waals surface area contributed by atoms with Gasteiger partial charge in [-0.15, -0.1) is 0 Å². The highest BCUT2D eigenvalue weighted by molar-refractivity contribution is 5.98. The van der Waals surface area contributed by atoms with Gasteiger partial charge in [-0.25, -0.2) is 9.48 Å². The lowest BCUT2D eigenvalue weighted by molar-refractivity contribution is -0.384. The number of esters is 1. The van der Waals surface area contributed by atoms with Crippen LogP contribution in [0.3, 0.4) is 0 Å². The number of hydrogen-bond donors (Lipinski definition) is 2. The quantitative estimate of drug-likeness (QED) is 0.284. The third kappa shape index (κ3) is 4.05. The monoisotopic (exact) mass is 396 g/mol. The highest BCUT2D eigenvalue weighted by atomic mass is 16.6. The van der Waals surface area contributed by atoms with Gasteiger partial charge in [0.2, 0.25) is 0 Å². The van der Waals surface area contributed by atoms with E-state index in [9.17, 15) is 24.8 Å². The number of nitrogens with one attached hydrogen (secondary N) is 1. The van der Waals surface area contributed by atoms with Gasteiger partial charge in [-0.3, -0.25) is 25.0 Å². The first kappa shape index (κ1) is 19.5. The lowest BCUT2D eigenvalue weighted by Gasteiger charge is -2.01. The largest absolute Gasteiger partial charge is 0.506 e. The zero-order chi connectivity index (χ0) is 21.0. The Balaban J connectivity index is 2.11. The summed E-state index contributed by atoms with van der Waals surface area (Å²) in [5.41, 5.74) is -0.737. The Hall–Kier alpha value is -4.21. The Morgan fingerprint density at radius 3 is 2.69 bits per heavy atom. The first-order valence-corrected chi connectivity index (χ1v) is 8.51. The number of rotatable bonds is 6. The van der Waals surface area contributed by atoms with E-state index < -0.39 is 16.5 Å². The Labute approximate surface area is 163 Å². The number of aliphatic imine (C=N–C) groups is 1. The number of para-hydroxylation sites is 1. The third-order valence-electron chi connectivity index (χ3n) is 3.92. The predicted octanol–water partition coefficient (Wildman–Crippen LogP) is 2.71. The predicted molar refractivity (Wildman–Crippen MR) is 104 cm³/mol. The molecule has 0 spiro atoms. The molecule has 0 aliphatic carbocycles. The van der Waals surface area contributed by atoms with Crippen molar-refractivity contribution in [3.63, 3.8) is 0 Å². The van der Waals surface area contributed by atoms with E-state index in [0.29, 0.717) is 5.69 Å². The summed E-state index contributed by atoms with van der Waals surface area (Å²) in [5.74, 6) is -1.08. The topological polar surface area (TPSA) is 140 Å². The molecule has 0 radical (unpaired) electrons. The molecule has 0 aliphatic heterocycles. The maximum Gasteiger partial charge on any atom is 0.357 e. The highest BCUT2D eigenvalue weighted by Gasteiger charge is 2.21. The molecular formula is C19H16N4O6. The average molecular weight is 396 g/mol. The molecule has 148 valence electrons. The smallest absolute Gasteiger partial charge is 0.357 e. The number of aromatic hydroxyl groups is 1. The van der Waals surface area contributed by atoms with Gasteiger partial charge in [0.05, 0.1) is 22.8 Å². The molecule has 0 bridgehead atoms. The summed E-state index contributed by atoms with van der Waals surface area (Å²) < 4.78 is 6.13. The summed E-state index contributed by atoms with van der Waals surface area (Å²) in [4.78, 5) is 39.4. The van der Waals surface area contributed by atoms with E-state index in [1.54, 1.807) is 37.3 Å². The van der Waals surface area contributed by atoms with Crippen LogP contribution >= 0.6 is 0 Å². The molecule has 10 heteroatoms. The van der Waals surface area contributed by atoms with Crippen LogP contribution in [0.15, 0.2) is 58.3 Å². The van der Waals surface area contributed by atoms with Crippen LogP contribution in [0, 0.1) is 10.1 Å². The molecule has 2 N–H and O–H groups in total. The second-order valence-electron chi connectivity index (χ2n) is 5.79. The van der Waals surface area contributed by atoms with Crippen molar-refractivity contribution in [3.05, 3.63) is 80.3 Å². The van der Waals surface area contributed by atoms with Crippen LogP contribution in [0.1, 0.15) is 23.0 Å². The number of carbonyl (C=O) groups excluding carboxylic acids is 1. The minimum atomic E-state index is -0.760. The maximum atomic E-state index is 12.8. The first-order chi connectivity index (χ1) is 13.9. The van der Waals surface area contributed by atoms with E-state index in [1.807, 2.05) is 0 Å². The second kappa shape index (κ2) is 8.21. The van der Waals surface area contributed by atoms with E-state index in [2.05, 4.69) is 10.1 Å². The van der Waals surface area contributed by atoms with Crippen LogP contribution in [-0.2, 0) is 4.74 Å². The number of carbonyl (C=O) groups is 1. The fourth-order valence-electron chi connectivity index (χ4n) is 2.55. The lowest BCUT2D eigenvalue weighted by Crippen LogP contribution is -2.17. The van der Waals surface area contributed by atoms with Crippen molar-refractivity contribution in [2.75, 3.05) is 6.61 Å². The van der Waals surface area contributed by atoms with Gasteiger partial charge >= 0.3 is 5.97 Å². The number of phenolic OH excluding ortho intramolecular Hbond substituents is 1. The SMILES string of the molecule is CCOC(=O)c1[nH]n(-c2ccccc2)c(=O)c1C=Nc1cc([N+](=O)[O-])ccc1O. The highest BCUT2D eigenvalue weighted by Crippen LogP contribution is 2.30. The van der Waals surface area contributed by atoms with Crippen molar-refractivity contribution >= 4 is 23.6 Å². The Kier molecular flexibility index (Phi) is 5.54. The third-order valence-corrected chi connectivity index (χ3v) is 3.92. The van der Waals surface area contributed by atoms with Gasteiger partial charge in [0.25, 0.3) is 11.2 Å². The first-order valence-electron chi connectivity index (χ1n) is 8.51. The van der Waals surface area contributed by atoms with Crippen molar-refractivity contribution in [3.8, 4) is 11.4 Å². The Bertz CT molecular complexity index is 1150. The molecule has 1 heterocycles. The molecule has 0 saturated carbocycles. The number of H-pyrrole nitrogens is 1. The number of non-ortho nitro benzene ring substituents is 1. The molecule has 29 heavy (non-hydrogen) atoms. The number of benzene rings is 2. The van der Waals surface area contributed by atoms with E-state index in [4.69, 9.17) is 4.74 Å². The van der Waals surface area contributed by atoms with Crippen LogP contribution in [0.4, 0.5) is 11.4 Å². The van der Waals surface area contributed by atoms with Gasteiger partial charge in [-0.1, -0.05) is 18.2 Å². The van der Waals surface area contributed by atoms with Gasteiger partial charge in [-0.05, 0) is 25.1 Å². The average Bonchev–Trinajstić information content (AvgIpc) is 3.04. The minimum absolute atomic E-state index is 0.0969. The van der Waals surface area contributed by atoms with Gasteiger partial charge in [0.15, 0.2) is 5.69 Å². The lowest BCUT2D eigenvalue weighted by atomic mass is 10.2. The number of phenols is 1. The molecule has 0 aliphatic rings. The van der Waals surface area contributed by atoms with Crippen LogP contribution in [0.2, 0.25) is 0 Å². The zero-order valence-electron chi connectivity index (χ0n) is 15.2. The van der Waals surface area contributed by atoms with Crippen molar-refractivity contribution in [2.24, 2.45) is 4.99 Å². The molecular weight excluding hydrogens is 380 g/mol. The van der Waals surface area contributed by atoms with E-state index >= 15 is 0 Å². The number of nitro benzene ring substituents is 1. The fraction of sp³-hybridized carbons (Fsp3) is 0.105. The van der Waals surface area contributed by atoms with Crippen LogP contribution < -0.4 is 5.56 Å². The summed E-state index contributed by atoms with van der Waals surface area (Å²) in [5, 5.41) is 23.5. The van der Waals surface area contributed by atoms with Crippen molar-refractivity contribution in [1.29, 1.82) is 0 Å². The van der Waals surface area contributed by atoms with E-state index in [-0.39, 0.29) is 35.0 Å². The van der Waals surface area contributed by atoms with Gasteiger partial charge in [-0.2, -0.15) is 0 Å². The summed E-state index contributed by atoms with van der Waals surface area (Å²) in [6.07, 6.45) is 1.06. The number of nitrogens with zero attached hydrogens (tertiary/aromatic N) is 3. The summed E-state index contributed by atoms with van der Waals surface area (Å²) >= 11 is 0. The second-order valence-corrected chi connectivity index (χ2v) is 5.79. The van der Waals surface area contributed by atoms with Crippen molar-refractivity contribution in [2.45, 2.75) is 6.92 Å². The van der Waals surface area contributed by atoms with Crippen LogP contribution in [-0.4, -0.2) is 38.6 Å². The molecule has 2 aromatic carbocycles. The van der Waals surface area contributed by atoms with Gasteiger partial charge in [0.1, 0.15) is 11.4 Å². The molecule has 0 saturated heterocycles. The fourth-order valence-corrected chi connectivity index (χ4v) is 2.55. The number of ether oxygens (including phenoxy) is 1. The van der Waals surface area contributed by atoms with Crippen LogP contribution in [0.5, 0.6) is 5.75 Å². The molecule has 1 aromatic heterocycles. The number of hydrogen-bond acceptors (Lipinski definition) is 7. The van der Waals surface area contributed by atoms with E-state index in [1.165, 1.54) is 0 Å².